The van der Waals surface area contributed by atoms with Crippen molar-refractivity contribution in [2.24, 2.45) is 0 Å². The average Bonchev–Trinajstić information content (AvgIpc) is 2.67. The van der Waals surface area contributed by atoms with Crippen LogP contribution in [0.5, 0.6) is 0 Å². The van der Waals surface area contributed by atoms with Gasteiger partial charge in [0.15, 0.2) is 0 Å². The predicted octanol–water partition coefficient (Wildman–Crippen LogP) is 1.80. The summed E-state index contributed by atoms with van der Waals surface area (Å²) in [6.07, 6.45) is 3.45. The molecule has 0 N–H and O–H groups in total. The summed E-state index contributed by atoms with van der Waals surface area (Å²) < 4.78 is 1.83. The van der Waals surface area contributed by atoms with Crippen LogP contribution in [-0.4, -0.2) is 9.55 Å². The van der Waals surface area contributed by atoms with Gasteiger partial charge < -0.3 is 4.57 Å². The number of aromatic nitrogens is 2. The summed E-state index contributed by atoms with van der Waals surface area (Å²) >= 11 is 0. The fourth-order valence-corrected chi connectivity index (χ4v) is 1.33. The Hall–Kier alpha value is -2.08. The van der Waals surface area contributed by atoms with Crippen LogP contribution in [0.25, 0.3) is 0 Å². The van der Waals surface area contributed by atoms with Crippen LogP contribution in [0.15, 0.2) is 42.7 Å². The van der Waals surface area contributed by atoms with Gasteiger partial charge in [0.2, 0.25) is 5.82 Å². The van der Waals surface area contributed by atoms with E-state index in [1.54, 1.807) is 6.20 Å². The number of rotatable bonds is 2. The van der Waals surface area contributed by atoms with Crippen molar-refractivity contribution in [1.29, 1.82) is 5.26 Å². The maximum Gasteiger partial charge on any atom is 0.213 e. The van der Waals surface area contributed by atoms with Crippen molar-refractivity contribution in [2.75, 3.05) is 0 Å². The van der Waals surface area contributed by atoms with Crippen LogP contribution in [0.3, 0.4) is 0 Å². The average molecular weight is 183 g/mol. The van der Waals surface area contributed by atoms with E-state index in [1.165, 1.54) is 5.56 Å². The predicted molar refractivity (Wildman–Crippen MR) is 52.5 cm³/mol. The number of hydrogen-bond acceptors (Lipinski definition) is 2. The molecule has 0 amide bonds. The molecular weight excluding hydrogens is 174 g/mol. The highest BCUT2D eigenvalue weighted by atomic mass is 15.1. The van der Waals surface area contributed by atoms with Crippen LogP contribution in [-0.2, 0) is 6.54 Å². The summed E-state index contributed by atoms with van der Waals surface area (Å²) in [6, 6.07) is 12.0. The lowest BCUT2D eigenvalue weighted by molar-refractivity contribution is 0.782. The Morgan fingerprint density at radius 1 is 1.29 bits per heavy atom. The normalized spacial score (nSPS) is 9.64. The molecule has 1 heterocycles. The van der Waals surface area contributed by atoms with Crippen molar-refractivity contribution in [3.63, 3.8) is 0 Å². The zero-order valence-electron chi connectivity index (χ0n) is 7.59. The van der Waals surface area contributed by atoms with E-state index >= 15 is 0 Å². The number of nitrogens with zero attached hydrogens (tertiary/aromatic N) is 3. The standard InChI is InChI=1S/C11H9N3/c12-8-11-13-6-7-14(11)9-10-4-2-1-3-5-10/h1-7H,9H2. The molecule has 3 heteroatoms. The highest BCUT2D eigenvalue weighted by molar-refractivity contribution is 5.18. The van der Waals surface area contributed by atoms with E-state index in [0.29, 0.717) is 12.4 Å². The molecule has 2 rings (SSSR count). The van der Waals surface area contributed by atoms with Crippen molar-refractivity contribution in [1.82, 2.24) is 9.55 Å². The van der Waals surface area contributed by atoms with Gasteiger partial charge in [-0.15, -0.1) is 0 Å². The lowest BCUT2D eigenvalue weighted by atomic mass is 10.2. The Balaban J connectivity index is 2.24. The molecule has 0 saturated carbocycles. The van der Waals surface area contributed by atoms with E-state index in [0.717, 1.165) is 0 Å². The van der Waals surface area contributed by atoms with Crippen LogP contribution in [0, 0.1) is 11.3 Å². The van der Waals surface area contributed by atoms with E-state index in [2.05, 4.69) is 4.98 Å². The van der Waals surface area contributed by atoms with Gasteiger partial charge in [0, 0.05) is 18.9 Å². The maximum absolute atomic E-state index is 8.75. The van der Waals surface area contributed by atoms with Gasteiger partial charge >= 0.3 is 0 Å². The van der Waals surface area contributed by atoms with Gasteiger partial charge in [0.1, 0.15) is 6.07 Å². The molecule has 3 nitrogen and oxygen atoms in total. The quantitative estimate of drug-likeness (QED) is 0.712. The van der Waals surface area contributed by atoms with E-state index in [9.17, 15) is 0 Å². The monoisotopic (exact) mass is 183 g/mol. The molecule has 0 aliphatic heterocycles. The zero-order valence-corrected chi connectivity index (χ0v) is 7.59. The molecule has 0 saturated heterocycles. The molecular formula is C11H9N3. The van der Waals surface area contributed by atoms with E-state index < -0.39 is 0 Å². The molecule has 0 fully saturated rings. The molecule has 68 valence electrons. The molecule has 14 heavy (non-hydrogen) atoms. The second-order valence-corrected chi connectivity index (χ2v) is 2.98. The minimum Gasteiger partial charge on any atom is -0.318 e. The fraction of sp³-hybridized carbons (Fsp3) is 0.0909. The number of nitriles is 1. The molecule has 0 aliphatic carbocycles. The van der Waals surface area contributed by atoms with Crippen molar-refractivity contribution >= 4 is 0 Å². The maximum atomic E-state index is 8.75. The second kappa shape index (κ2) is 3.75. The summed E-state index contributed by atoms with van der Waals surface area (Å²) in [7, 11) is 0. The third-order valence-corrected chi connectivity index (χ3v) is 2.01. The van der Waals surface area contributed by atoms with Gasteiger partial charge in [0.25, 0.3) is 0 Å². The zero-order chi connectivity index (χ0) is 9.80. The molecule has 0 bridgehead atoms. The first kappa shape index (κ1) is 8.52. The van der Waals surface area contributed by atoms with Gasteiger partial charge in [-0.2, -0.15) is 5.26 Å². The van der Waals surface area contributed by atoms with Gasteiger partial charge in [-0.25, -0.2) is 4.98 Å². The lowest BCUT2D eigenvalue weighted by Gasteiger charge is -2.02. The third kappa shape index (κ3) is 1.64. The van der Waals surface area contributed by atoms with E-state index in [4.69, 9.17) is 5.26 Å². The van der Waals surface area contributed by atoms with Crippen molar-refractivity contribution in [2.45, 2.75) is 6.54 Å². The fourth-order valence-electron chi connectivity index (χ4n) is 1.33. The summed E-state index contributed by atoms with van der Waals surface area (Å²) in [6.45, 7) is 0.698. The summed E-state index contributed by atoms with van der Waals surface area (Å²) in [4.78, 5) is 3.93. The third-order valence-electron chi connectivity index (χ3n) is 2.01. The van der Waals surface area contributed by atoms with E-state index in [-0.39, 0.29) is 0 Å². The molecule has 2 aromatic rings. The van der Waals surface area contributed by atoms with Gasteiger partial charge in [-0.1, -0.05) is 30.3 Å². The Morgan fingerprint density at radius 2 is 2.07 bits per heavy atom. The summed E-state index contributed by atoms with van der Waals surface area (Å²) in [5, 5.41) is 8.75. The molecule has 1 aromatic heterocycles. The molecule has 1 aromatic carbocycles. The largest absolute Gasteiger partial charge is 0.318 e. The Morgan fingerprint density at radius 3 is 2.79 bits per heavy atom. The van der Waals surface area contributed by atoms with Crippen molar-refractivity contribution < 1.29 is 0 Å². The first-order valence-corrected chi connectivity index (χ1v) is 4.35. The Bertz CT molecular complexity index is 451. The van der Waals surface area contributed by atoms with Crippen LogP contribution in [0.4, 0.5) is 0 Å². The van der Waals surface area contributed by atoms with Crippen molar-refractivity contribution in [3.05, 3.63) is 54.1 Å². The highest BCUT2D eigenvalue weighted by Gasteiger charge is 2.00. The molecule has 0 unspecified atom stereocenters. The summed E-state index contributed by atoms with van der Waals surface area (Å²) in [5.41, 5.74) is 1.17. The molecule has 0 aliphatic rings. The first-order valence-electron chi connectivity index (χ1n) is 4.35. The van der Waals surface area contributed by atoms with E-state index in [1.807, 2.05) is 47.2 Å². The van der Waals surface area contributed by atoms with Crippen LogP contribution in [0.1, 0.15) is 11.4 Å². The van der Waals surface area contributed by atoms with Crippen LogP contribution < -0.4 is 0 Å². The Labute approximate surface area is 82.2 Å². The highest BCUT2D eigenvalue weighted by Crippen LogP contribution is 2.04. The SMILES string of the molecule is N#Cc1nccn1Cc1ccccc1. The smallest absolute Gasteiger partial charge is 0.213 e. The van der Waals surface area contributed by atoms with Gasteiger partial charge in [-0.3, -0.25) is 0 Å². The van der Waals surface area contributed by atoms with Crippen LogP contribution in [0.2, 0.25) is 0 Å². The number of hydrogen-bond donors (Lipinski definition) is 0. The van der Waals surface area contributed by atoms with Gasteiger partial charge in [0.05, 0.1) is 0 Å². The molecule has 0 radical (unpaired) electrons. The second-order valence-electron chi connectivity index (χ2n) is 2.98. The van der Waals surface area contributed by atoms with Crippen LogP contribution >= 0.6 is 0 Å². The van der Waals surface area contributed by atoms with Crippen molar-refractivity contribution in [3.8, 4) is 6.07 Å². The minimum absolute atomic E-state index is 0.453. The minimum atomic E-state index is 0.453. The summed E-state index contributed by atoms with van der Waals surface area (Å²) in [5.74, 6) is 0.453. The Kier molecular flexibility index (Phi) is 2.28. The number of benzene rings is 1. The topological polar surface area (TPSA) is 41.6 Å². The molecule has 0 spiro atoms. The number of imidazole rings is 1. The lowest BCUT2D eigenvalue weighted by Crippen LogP contribution is -2.00. The van der Waals surface area contributed by atoms with Gasteiger partial charge in [-0.05, 0) is 5.56 Å². The first-order chi connectivity index (χ1) is 6.90. The molecule has 0 atom stereocenters.